The predicted molar refractivity (Wildman–Crippen MR) is 92.2 cm³/mol. The molecule has 0 fully saturated rings. The highest BCUT2D eigenvalue weighted by molar-refractivity contribution is 8.00. The van der Waals surface area contributed by atoms with Gasteiger partial charge >= 0.3 is 0 Å². The molecule has 0 saturated heterocycles. The lowest BCUT2D eigenvalue weighted by Gasteiger charge is -2.11. The Kier molecular flexibility index (Phi) is 6.21. The zero-order chi connectivity index (χ0) is 15.9. The maximum Gasteiger partial charge on any atom is 0.233 e. The Bertz CT molecular complexity index is 616. The normalized spacial score (nSPS) is 12.1. The van der Waals surface area contributed by atoms with E-state index in [4.69, 9.17) is 5.73 Å². The molecular formula is C15H20N4OS2. The fourth-order valence-corrected chi connectivity index (χ4v) is 3.39. The molecular weight excluding hydrogens is 316 g/mol. The number of carbonyl (C=O) groups excluding carboxylic acids is 1. The van der Waals surface area contributed by atoms with E-state index in [1.807, 2.05) is 25.3 Å². The molecule has 0 saturated carbocycles. The summed E-state index contributed by atoms with van der Waals surface area (Å²) < 4.78 is 0. The molecule has 118 valence electrons. The lowest BCUT2D eigenvalue weighted by molar-refractivity contribution is -0.120. The molecule has 0 unspecified atom stereocenters. The lowest BCUT2D eigenvalue weighted by atomic mass is 10.3. The number of nitrogen functional groups attached to an aromatic ring is 1. The second-order valence-corrected chi connectivity index (χ2v) is 7.14. The summed E-state index contributed by atoms with van der Waals surface area (Å²) in [4.78, 5) is 21.9. The molecule has 1 atom stereocenters. The van der Waals surface area contributed by atoms with Crippen LogP contribution < -0.4 is 11.1 Å². The Morgan fingerprint density at radius 3 is 3.00 bits per heavy atom. The Morgan fingerprint density at radius 2 is 2.32 bits per heavy atom. The number of nitrogens with two attached hydrogens (primary N) is 1. The van der Waals surface area contributed by atoms with Crippen LogP contribution in [-0.2, 0) is 17.6 Å². The van der Waals surface area contributed by atoms with E-state index in [-0.39, 0.29) is 11.2 Å². The van der Waals surface area contributed by atoms with E-state index in [1.165, 1.54) is 16.6 Å². The first-order valence-corrected chi connectivity index (χ1v) is 8.94. The van der Waals surface area contributed by atoms with Gasteiger partial charge in [-0.3, -0.25) is 4.79 Å². The number of nitrogens with one attached hydrogen (secondary N) is 1. The van der Waals surface area contributed by atoms with Crippen molar-refractivity contribution in [2.75, 3.05) is 12.3 Å². The molecule has 0 aliphatic heterocycles. The van der Waals surface area contributed by atoms with Gasteiger partial charge in [-0.05, 0) is 31.2 Å². The van der Waals surface area contributed by atoms with Gasteiger partial charge in [0.25, 0.3) is 0 Å². The Balaban J connectivity index is 1.84. The number of aryl methyl sites for hydroxylation is 1. The van der Waals surface area contributed by atoms with E-state index >= 15 is 0 Å². The number of hydrogen-bond acceptors (Lipinski definition) is 6. The van der Waals surface area contributed by atoms with Crippen molar-refractivity contribution in [3.8, 4) is 0 Å². The molecule has 2 aromatic heterocycles. The second-order valence-electron chi connectivity index (χ2n) is 4.80. The van der Waals surface area contributed by atoms with Crippen molar-refractivity contribution in [1.82, 2.24) is 15.3 Å². The molecule has 0 spiro atoms. The van der Waals surface area contributed by atoms with Crippen molar-refractivity contribution >= 4 is 34.8 Å². The summed E-state index contributed by atoms with van der Waals surface area (Å²) in [7, 11) is 0. The van der Waals surface area contributed by atoms with Crippen molar-refractivity contribution in [2.45, 2.75) is 37.1 Å². The number of thiophene rings is 1. The molecule has 0 aliphatic carbocycles. The van der Waals surface area contributed by atoms with Gasteiger partial charge in [0.05, 0.1) is 5.25 Å². The third-order valence-electron chi connectivity index (χ3n) is 3.04. The second kappa shape index (κ2) is 8.14. The fraction of sp³-hybridized carbons (Fsp3) is 0.400. The lowest BCUT2D eigenvalue weighted by Crippen LogP contribution is -2.32. The van der Waals surface area contributed by atoms with Gasteiger partial charge in [-0.1, -0.05) is 24.8 Å². The van der Waals surface area contributed by atoms with Crippen LogP contribution in [0, 0.1) is 0 Å². The van der Waals surface area contributed by atoms with Crippen LogP contribution in [0.2, 0.25) is 0 Å². The molecule has 0 bridgehead atoms. The number of rotatable bonds is 7. The average molecular weight is 336 g/mol. The summed E-state index contributed by atoms with van der Waals surface area (Å²) in [5, 5.41) is 5.28. The molecule has 5 nitrogen and oxygen atoms in total. The average Bonchev–Trinajstić information content (AvgIpc) is 2.99. The molecule has 0 aromatic carbocycles. The molecule has 0 aliphatic rings. The summed E-state index contributed by atoms with van der Waals surface area (Å²) >= 11 is 3.03. The molecule has 22 heavy (non-hydrogen) atoms. The van der Waals surface area contributed by atoms with Crippen molar-refractivity contribution < 1.29 is 4.79 Å². The first-order valence-electron chi connectivity index (χ1n) is 7.18. The van der Waals surface area contributed by atoms with Crippen LogP contribution in [0.5, 0.6) is 0 Å². The van der Waals surface area contributed by atoms with Crippen LogP contribution in [0.3, 0.4) is 0 Å². The highest BCUT2D eigenvalue weighted by Crippen LogP contribution is 2.21. The smallest absolute Gasteiger partial charge is 0.233 e. The minimum absolute atomic E-state index is 0.00868. The van der Waals surface area contributed by atoms with Gasteiger partial charge in [-0.25, -0.2) is 9.97 Å². The van der Waals surface area contributed by atoms with Crippen molar-refractivity contribution in [3.05, 3.63) is 34.2 Å². The molecule has 3 N–H and O–H groups in total. The molecule has 2 heterocycles. The minimum atomic E-state index is -0.255. The topological polar surface area (TPSA) is 80.9 Å². The highest BCUT2D eigenvalue weighted by atomic mass is 32.2. The number of aromatic nitrogens is 2. The van der Waals surface area contributed by atoms with E-state index in [1.54, 1.807) is 17.4 Å². The van der Waals surface area contributed by atoms with E-state index in [9.17, 15) is 4.79 Å². The number of hydrogen-bond donors (Lipinski definition) is 2. The predicted octanol–water partition coefficient (Wildman–Crippen LogP) is 2.52. The standard InChI is InChI=1S/C15H20N4OS2/c1-3-11-9-13(16)19-15(18-11)22-10(2)14(20)17-7-6-12-5-4-8-21-12/h4-5,8-10H,3,6-7H2,1-2H3,(H,17,20)(H2,16,18,19)/t10-/m1/s1. The van der Waals surface area contributed by atoms with Gasteiger partial charge < -0.3 is 11.1 Å². The summed E-state index contributed by atoms with van der Waals surface area (Å²) in [6.07, 6.45) is 1.65. The van der Waals surface area contributed by atoms with Crippen molar-refractivity contribution in [1.29, 1.82) is 0 Å². The molecule has 1 amide bonds. The summed E-state index contributed by atoms with van der Waals surface area (Å²) in [6, 6.07) is 5.85. The fourth-order valence-electron chi connectivity index (χ4n) is 1.85. The van der Waals surface area contributed by atoms with E-state index in [0.717, 1.165) is 18.5 Å². The van der Waals surface area contributed by atoms with Crippen molar-refractivity contribution in [3.63, 3.8) is 0 Å². The first kappa shape index (κ1) is 16.8. The highest BCUT2D eigenvalue weighted by Gasteiger charge is 2.16. The van der Waals surface area contributed by atoms with Gasteiger partial charge in [0.2, 0.25) is 5.91 Å². The number of carbonyl (C=O) groups is 1. The largest absolute Gasteiger partial charge is 0.384 e. The monoisotopic (exact) mass is 336 g/mol. The van der Waals surface area contributed by atoms with Crippen LogP contribution in [0.4, 0.5) is 5.82 Å². The van der Waals surface area contributed by atoms with Gasteiger partial charge in [-0.15, -0.1) is 11.3 Å². The first-order chi connectivity index (χ1) is 10.6. The maximum atomic E-state index is 12.1. The summed E-state index contributed by atoms with van der Waals surface area (Å²) in [6.45, 7) is 4.50. The van der Waals surface area contributed by atoms with Crippen molar-refractivity contribution in [2.24, 2.45) is 0 Å². The van der Waals surface area contributed by atoms with Crippen LogP contribution in [0.25, 0.3) is 0 Å². The van der Waals surface area contributed by atoms with E-state index in [0.29, 0.717) is 17.5 Å². The third-order valence-corrected chi connectivity index (χ3v) is 4.94. The number of amides is 1. The Labute approximate surface area is 138 Å². The minimum Gasteiger partial charge on any atom is -0.384 e. The van der Waals surface area contributed by atoms with Gasteiger partial charge in [-0.2, -0.15) is 0 Å². The van der Waals surface area contributed by atoms with Gasteiger partial charge in [0.15, 0.2) is 5.16 Å². The number of nitrogens with zero attached hydrogens (tertiary/aromatic N) is 2. The summed E-state index contributed by atoms with van der Waals surface area (Å²) in [5.74, 6) is 0.435. The molecule has 0 radical (unpaired) electrons. The molecule has 2 rings (SSSR count). The van der Waals surface area contributed by atoms with Crippen LogP contribution in [0.15, 0.2) is 28.7 Å². The summed E-state index contributed by atoms with van der Waals surface area (Å²) in [5.41, 5.74) is 6.65. The Hall–Kier alpha value is -1.60. The van der Waals surface area contributed by atoms with Gasteiger partial charge in [0.1, 0.15) is 5.82 Å². The molecule has 7 heteroatoms. The number of thioether (sulfide) groups is 1. The van der Waals surface area contributed by atoms with Crippen LogP contribution in [-0.4, -0.2) is 27.7 Å². The third kappa shape index (κ3) is 4.99. The zero-order valence-electron chi connectivity index (χ0n) is 12.7. The number of anilines is 1. The Morgan fingerprint density at radius 1 is 1.50 bits per heavy atom. The zero-order valence-corrected chi connectivity index (χ0v) is 14.3. The van der Waals surface area contributed by atoms with Crippen LogP contribution >= 0.6 is 23.1 Å². The van der Waals surface area contributed by atoms with Gasteiger partial charge in [0, 0.05) is 23.2 Å². The maximum absolute atomic E-state index is 12.1. The molecule has 2 aromatic rings. The quantitative estimate of drug-likeness (QED) is 0.600. The van der Waals surface area contributed by atoms with E-state index < -0.39 is 0 Å². The van der Waals surface area contributed by atoms with Crippen LogP contribution in [0.1, 0.15) is 24.4 Å². The SMILES string of the molecule is CCc1cc(N)nc(S[C@H](C)C(=O)NCCc2cccs2)n1. The van der Waals surface area contributed by atoms with E-state index in [2.05, 4.69) is 21.4 Å².